The largest absolute Gasteiger partial charge is 0.469 e. The van der Waals surface area contributed by atoms with Crippen molar-refractivity contribution >= 4 is 16.7 Å². The number of aliphatic hydroxyl groups is 1. The molecule has 154 valence electrons. The molecule has 0 spiro atoms. The molecule has 0 fully saturated rings. The van der Waals surface area contributed by atoms with Gasteiger partial charge in [0.1, 0.15) is 6.10 Å². The van der Waals surface area contributed by atoms with Crippen molar-refractivity contribution in [1.82, 2.24) is 4.57 Å². The summed E-state index contributed by atoms with van der Waals surface area (Å²) in [6, 6.07) is 16.2. The van der Waals surface area contributed by atoms with Crippen LogP contribution in [-0.4, -0.2) is 28.9 Å². The van der Waals surface area contributed by atoms with Gasteiger partial charge in [0.2, 0.25) is 0 Å². The Balaban J connectivity index is 2.12. The van der Waals surface area contributed by atoms with Gasteiger partial charge in [0.15, 0.2) is 0 Å². The van der Waals surface area contributed by atoms with Crippen LogP contribution >= 0.6 is 0 Å². The van der Waals surface area contributed by atoms with Crippen LogP contribution in [0.1, 0.15) is 37.1 Å². The van der Waals surface area contributed by atoms with E-state index in [1.54, 1.807) is 10.6 Å². The van der Waals surface area contributed by atoms with Gasteiger partial charge in [0.25, 0.3) is 5.56 Å². The van der Waals surface area contributed by atoms with Crippen LogP contribution in [-0.2, 0) is 9.53 Å². The van der Waals surface area contributed by atoms with E-state index in [1.165, 1.54) is 7.11 Å². The number of esters is 1. The van der Waals surface area contributed by atoms with Crippen molar-refractivity contribution in [2.24, 2.45) is 5.73 Å². The molecule has 3 N–H and O–H groups in total. The third-order valence-electron chi connectivity index (χ3n) is 4.78. The molecule has 3 rings (SSSR count). The maximum absolute atomic E-state index is 13.5. The molecule has 2 unspecified atom stereocenters. The predicted molar refractivity (Wildman–Crippen MR) is 116 cm³/mol. The molecule has 0 aliphatic heterocycles. The summed E-state index contributed by atoms with van der Waals surface area (Å²) in [4.78, 5) is 24.7. The minimum atomic E-state index is -1.00. The average molecular weight is 404 g/mol. The van der Waals surface area contributed by atoms with Gasteiger partial charge in [-0.25, -0.2) is 0 Å². The first-order chi connectivity index (χ1) is 14.4. The normalized spacial score (nSPS) is 12.7. The highest BCUT2D eigenvalue weighted by molar-refractivity contribution is 5.88. The topological polar surface area (TPSA) is 94.5 Å². The molecule has 1 heterocycles. The zero-order valence-electron chi connectivity index (χ0n) is 17.0. The Bertz CT molecular complexity index is 1170. The molecule has 2 aromatic carbocycles. The SMILES string of the molecule is COC(=O)CCC(O)C#Cc1cccc2cc(C(C)N)n(-c3ccccc3)c(=O)c12. The molecular formula is C24H24N2O4. The van der Waals surface area contributed by atoms with Crippen LogP contribution in [0.25, 0.3) is 16.5 Å². The van der Waals surface area contributed by atoms with E-state index in [0.29, 0.717) is 16.6 Å². The van der Waals surface area contributed by atoms with Crippen molar-refractivity contribution in [2.45, 2.75) is 31.9 Å². The molecule has 0 bridgehead atoms. The lowest BCUT2D eigenvalue weighted by Gasteiger charge is -2.17. The second kappa shape index (κ2) is 9.40. The number of para-hydroxylation sites is 1. The number of hydrogen-bond acceptors (Lipinski definition) is 5. The molecule has 30 heavy (non-hydrogen) atoms. The van der Waals surface area contributed by atoms with E-state index in [1.807, 2.05) is 55.5 Å². The van der Waals surface area contributed by atoms with E-state index in [9.17, 15) is 14.7 Å². The fourth-order valence-corrected chi connectivity index (χ4v) is 3.25. The summed E-state index contributed by atoms with van der Waals surface area (Å²) < 4.78 is 6.17. The highest BCUT2D eigenvalue weighted by Crippen LogP contribution is 2.22. The van der Waals surface area contributed by atoms with E-state index in [-0.39, 0.29) is 24.4 Å². The van der Waals surface area contributed by atoms with E-state index < -0.39 is 12.1 Å². The smallest absolute Gasteiger partial charge is 0.305 e. The molecule has 6 heteroatoms. The summed E-state index contributed by atoms with van der Waals surface area (Å²) in [5, 5.41) is 11.3. The van der Waals surface area contributed by atoms with Crippen LogP contribution in [0.2, 0.25) is 0 Å². The second-order valence-electron chi connectivity index (χ2n) is 7.00. The standard InChI is InChI=1S/C24H24N2O4/c1-16(25)21-15-18-8-6-7-17(11-12-20(27)13-14-22(28)30-2)23(18)24(29)26(21)19-9-4-3-5-10-19/h3-10,15-16,20,27H,13-14,25H2,1-2H3. The number of pyridine rings is 1. The van der Waals surface area contributed by atoms with Crippen molar-refractivity contribution in [3.8, 4) is 17.5 Å². The summed E-state index contributed by atoms with van der Waals surface area (Å²) in [7, 11) is 1.30. The number of methoxy groups -OCH3 is 1. The lowest BCUT2D eigenvalue weighted by atomic mass is 10.0. The van der Waals surface area contributed by atoms with Gasteiger partial charge in [-0.1, -0.05) is 42.2 Å². The van der Waals surface area contributed by atoms with Crippen molar-refractivity contribution in [3.05, 3.63) is 76.2 Å². The molecule has 0 aliphatic rings. The Kier molecular flexibility index (Phi) is 6.68. The molecule has 0 saturated carbocycles. The van der Waals surface area contributed by atoms with Gasteiger partial charge in [-0.2, -0.15) is 0 Å². The van der Waals surface area contributed by atoms with Gasteiger partial charge < -0.3 is 15.6 Å². The van der Waals surface area contributed by atoms with Crippen LogP contribution in [0.15, 0.2) is 59.4 Å². The number of nitrogens with two attached hydrogens (primary N) is 1. The van der Waals surface area contributed by atoms with Gasteiger partial charge >= 0.3 is 5.97 Å². The monoisotopic (exact) mass is 404 g/mol. The average Bonchev–Trinajstić information content (AvgIpc) is 2.76. The summed E-state index contributed by atoms with van der Waals surface area (Å²) in [6.07, 6.45) is -0.771. The third kappa shape index (κ3) is 4.60. The lowest BCUT2D eigenvalue weighted by Crippen LogP contribution is -2.26. The molecule has 0 saturated heterocycles. The summed E-state index contributed by atoms with van der Waals surface area (Å²) >= 11 is 0. The van der Waals surface area contributed by atoms with Crippen molar-refractivity contribution in [2.75, 3.05) is 7.11 Å². The number of aromatic nitrogens is 1. The van der Waals surface area contributed by atoms with Crippen LogP contribution in [0, 0.1) is 11.8 Å². The highest BCUT2D eigenvalue weighted by atomic mass is 16.5. The molecule has 0 aliphatic carbocycles. The van der Waals surface area contributed by atoms with E-state index in [2.05, 4.69) is 16.6 Å². The maximum Gasteiger partial charge on any atom is 0.305 e. The molecule has 3 aromatic rings. The number of rotatable bonds is 5. The quantitative estimate of drug-likeness (QED) is 0.504. The predicted octanol–water partition coefficient (Wildman–Crippen LogP) is 2.68. The summed E-state index contributed by atoms with van der Waals surface area (Å²) in [5.41, 5.74) is 7.86. The van der Waals surface area contributed by atoms with Gasteiger partial charge in [0.05, 0.1) is 12.5 Å². The number of ether oxygens (including phenoxy) is 1. The zero-order valence-corrected chi connectivity index (χ0v) is 17.0. The second-order valence-corrected chi connectivity index (χ2v) is 7.00. The minimum Gasteiger partial charge on any atom is -0.469 e. The number of carbonyl (C=O) groups is 1. The summed E-state index contributed by atoms with van der Waals surface area (Å²) in [6.45, 7) is 1.83. The molecule has 0 amide bonds. The molecule has 2 atom stereocenters. The molecule has 0 radical (unpaired) electrons. The summed E-state index contributed by atoms with van der Waals surface area (Å²) in [5.74, 6) is 5.21. The fourth-order valence-electron chi connectivity index (χ4n) is 3.25. The lowest BCUT2D eigenvalue weighted by molar-refractivity contribution is -0.141. The number of carbonyl (C=O) groups excluding carboxylic acids is 1. The Morgan fingerprint density at radius 3 is 2.60 bits per heavy atom. The van der Waals surface area contributed by atoms with E-state index >= 15 is 0 Å². The van der Waals surface area contributed by atoms with Gasteiger partial charge in [-0.05, 0) is 43.0 Å². The van der Waals surface area contributed by atoms with Crippen LogP contribution in [0.3, 0.4) is 0 Å². The number of fused-ring (bicyclic) bond motifs is 1. The molecule has 6 nitrogen and oxygen atoms in total. The van der Waals surface area contributed by atoms with Crippen molar-refractivity contribution in [3.63, 3.8) is 0 Å². The number of nitrogens with zero attached hydrogens (tertiary/aromatic N) is 1. The van der Waals surface area contributed by atoms with Crippen molar-refractivity contribution < 1.29 is 14.6 Å². The van der Waals surface area contributed by atoms with Gasteiger partial charge in [0, 0.05) is 29.4 Å². The third-order valence-corrected chi connectivity index (χ3v) is 4.78. The number of aliphatic hydroxyl groups excluding tert-OH is 1. The highest BCUT2D eigenvalue weighted by Gasteiger charge is 2.15. The zero-order chi connectivity index (χ0) is 21.7. The number of benzene rings is 2. The van der Waals surface area contributed by atoms with Crippen LogP contribution in [0.4, 0.5) is 0 Å². The Labute approximate surface area is 174 Å². The Hall–Kier alpha value is -3.40. The van der Waals surface area contributed by atoms with Crippen LogP contribution in [0.5, 0.6) is 0 Å². The van der Waals surface area contributed by atoms with Crippen molar-refractivity contribution in [1.29, 1.82) is 0 Å². The molecule has 1 aromatic heterocycles. The Morgan fingerprint density at radius 1 is 1.20 bits per heavy atom. The van der Waals surface area contributed by atoms with Crippen LogP contribution < -0.4 is 11.3 Å². The first-order valence-corrected chi connectivity index (χ1v) is 9.68. The fraction of sp³-hybridized carbons (Fsp3) is 0.250. The van der Waals surface area contributed by atoms with E-state index in [4.69, 9.17) is 5.73 Å². The minimum absolute atomic E-state index is 0.0699. The van der Waals surface area contributed by atoms with E-state index in [0.717, 1.165) is 11.1 Å². The first-order valence-electron chi connectivity index (χ1n) is 9.68. The number of hydrogen-bond donors (Lipinski definition) is 2. The molecular weight excluding hydrogens is 380 g/mol. The Morgan fingerprint density at radius 2 is 1.93 bits per heavy atom. The van der Waals surface area contributed by atoms with Gasteiger partial charge in [-0.3, -0.25) is 14.2 Å². The first kappa shape index (κ1) is 21.3. The van der Waals surface area contributed by atoms with Gasteiger partial charge in [-0.15, -0.1) is 0 Å². The maximum atomic E-state index is 13.5.